The van der Waals surface area contributed by atoms with E-state index in [1.54, 1.807) is 18.8 Å². The first-order valence-electron chi connectivity index (χ1n) is 7.66. The molecular formula is C16H23N3O2S. The van der Waals surface area contributed by atoms with Crippen molar-refractivity contribution >= 4 is 22.8 Å². The minimum absolute atomic E-state index is 0.255. The van der Waals surface area contributed by atoms with E-state index in [1.807, 2.05) is 6.20 Å². The van der Waals surface area contributed by atoms with Crippen molar-refractivity contribution in [3.05, 3.63) is 32.6 Å². The van der Waals surface area contributed by atoms with E-state index in [0.717, 1.165) is 29.7 Å². The van der Waals surface area contributed by atoms with Crippen LogP contribution in [0.15, 0.2) is 20.7 Å². The Labute approximate surface area is 134 Å². The molecule has 0 spiro atoms. The fraction of sp³-hybridized carbons (Fsp3) is 0.562. The molecule has 0 aliphatic rings. The molecule has 2 aromatic heterocycles. The third-order valence-corrected chi connectivity index (χ3v) is 5.35. The summed E-state index contributed by atoms with van der Waals surface area (Å²) in [7, 11) is 3.18. The highest BCUT2D eigenvalue weighted by molar-refractivity contribution is 8.00. The lowest BCUT2D eigenvalue weighted by Crippen LogP contribution is -2.37. The molecule has 1 unspecified atom stereocenters. The highest BCUT2D eigenvalue weighted by atomic mass is 32.2. The van der Waals surface area contributed by atoms with E-state index in [9.17, 15) is 9.59 Å². The Kier molecular flexibility index (Phi) is 5.11. The number of fused-ring (bicyclic) bond motifs is 1. The normalized spacial score (nSPS) is 12.8. The van der Waals surface area contributed by atoms with Crippen molar-refractivity contribution < 1.29 is 0 Å². The molecule has 6 heteroatoms. The predicted molar refractivity (Wildman–Crippen MR) is 91.8 cm³/mol. The number of hydrogen-bond acceptors (Lipinski definition) is 4. The maximum absolute atomic E-state index is 12.6. The number of thioether (sulfide) groups is 1. The van der Waals surface area contributed by atoms with E-state index in [1.165, 1.54) is 16.2 Å². The first-order chi connectivity index (χ1) is 10.4. The summed E-state index contributed by atoms with van der Waals surface area (Å²) in [6.45, 7) is 6.40. The van der Waals surface area contributed by atoms with Gasteiger partial charge in [0, 0.05) is 30.4 Å². The summed E-state index contributed by atoms with van der Waals surface area (Å²) in [6, 6.07) is 0. The molecule has 1 atom stereocenters. The minimum Gasteiger partial charge on any atom is -0.280 e. The average Bonchev–Trinajstić information content (AvgIpc) is 2.52. The van der Waals surface area contributed by atoms with Crippen molar-refractivity contribution in [1.82, 2.24) is 14.1 Å². The molecule has 0 aromatic carbocycles. The summed E-state index contributed by atoms with van der Waals surface area (Å²) >= 11 is 1.71. The Bertz CT molecular complexity index is 808. The number of hydrogen-bond donors (Lipinski definition) is 0. The van der Waals surface area contributed by atoms with Crippen molar-refractivity contribution in [2.24, 2.45) is 14.1 Å². The van der Waals surface area contributed by atoms with Gasteiger partial charge in [0.15, 0.2) is 0 Å². The maximum atomic E-state index is 12.6. The quantitative estimate of drug-likeness (QED) is 0.794. The molecule has 22 heavy (non-hydrogen) atoms. The van der Waals surface area contributed by atoms with Crippen molar-refractivity contribution in [3.63, 3.8) is 0 Å². The van der Waals surface area contributed by atoms with Gasteiger partial charge in [-0.3, -0.25) is 13.9 Å². The van der Waals surface area contributed by atoms with Crippen LogP contribution in [0.25, 0.3) is 11.0 Å². The Morgan fingerprint density at radius 2 is 1.91 bits per heavy atom. The topological polar surface area (TPSA) is 56.9 Å². The van der Waals surface area contributed by atoms with E-state index in [-0.39, 0.29) is 11.2 Å². The van der Waals surface area contributed by atoms with Gasteiger partial charge >= 0.3 is 5.69 Å². The lowest BCUT2D eigenvalue weighted by Gasteiger charge is -2.16. The molecule has 0 saturated heterocycles. The second kappa shape index (κ2) is 6.69. The van der Waals surface area contributed by atoms with Gasteiger partial charge in [0.1, 0.15) is 5.65 Å². The molecule has 2 rings (SSSR count). The fourth-order valence-corrected chi connectivity index (χ4v) is 3.58. The molecule has 2 aromatic rings. The molecule has 120 valence electrons. The number of nitrogens with zero attached hydrogens (tertiary/aromatic N) is 3. The third-order valence-electron chi connectivity index (χ3n) is 3.91. The van der Waals surface area contributed by atoms with Crippen LogP contribution >= 0.6 is 11.8 Å². The van der Waals surface area contributed by atoms with Crippen LogP contribution in [-0.2, 0) is 20.5 Å². The molecule has 0 radical (unpaired) electrons. The second-order valence-electron chi connectivity index (χ2n) is 5.60. The molecular weight excluding hydrogens is 298 g/mol. The van der Waals surface area contributed by atoms with E-state index < -0.39 is 0 Å². The SMILES string of the molecule is CCCc1cnc2c(c1SC(C)CC)c(=O)n(C)c(=O)n2C. The smallest absolute Gasteiger partial charge is 0.280 e. The predicted octanol–water partition coefficient (Wildman–Crippen LogP) is 2.48. The van der Waals surface area contributed by atoms with Gasteiger partial charge in [-0.25, -0.2) is 9.78 Å². The summed E-state index contributed by atoms with van der Waals surface area (Å²) < 4.78 is 2.62. The van der Waals surface area contributed by atoms with Crippen LogP contribution in [0.2, 0.25) is 0 Å². The van der Waals surface area contributed by atoms with Crippen molar-refractivity contribution in [2.75, 3.05) is 0 Å². The van der Waals surface area contributed by atoms with Gasteiger partial charge in [-0.1, -0.05) is 27.2 Å². The summed E-state index contributed by atoms with van der Waals surface area (Å²) in [5.41, 5.74) is 0.969. The van der Waals surface area contributed by atoms with Gasteiger partial charge in [-0.05, 0) is 18.4 Å². The molecule has 0 fully saturated rings. The Hall–Kier alpha value is -1.56. The van der Waals surface area contributed by atoms with Crippen LogP contribution in [0.4, 0.5) is 0 Å². The van der Waals surface area contributed by atoms with Gasteiger partial charge < -0.3 is 0 Å². The van der Waals surface area contributed by atoms with Gasteiger partial charge in [0.2, 0.25) is 0 Å². The average molecular weight is 321 g/mol. The number of rotatable bonds is 5. The van der Waals surface area contributed by atoms with Crippen LogP contribution in [0.1, 0.15) is 39.2 Å². The minimum atomic E-state index is -0.340. The van der Waals surface area contributed by atoms with Crippen molar-refractivity contribution in [1.29, 1.82) is 0 Å². The summed E-state index contributed by atoms with van der Waals surface area (Å²) in [6.07, 6.45) is 4.71. The van der Waals surface area contributed by atoms with E-state index in [4.69, 9.17) is 0 Å². The summed E-state index contributed by atoms with van der Waals surface area (Å²) in [5.74, 6) is 0. The molecule has 2 heterocycles. The van der Waals surface area contributed by atoms with Gasteiger partial charge in [-0.15, -0.1) is 11.8 Å². The molecule has 5 nitrogen and oxygen atoms in total. The highest BCUT2D eigenvalue weighted by Crippen LogP contribution is 2.32. The maximum Gasteiger partial charge on any atom is 0.332 e. The molecule has 0 aliphatic heterocycles. The Morgan fingerprint density at radius 3 is 2.50 bits per heavy atom. The zero-order valence-electron chi connectivity index (χ0n) is 13.8. The number of aryl methyl sites for hydroxylation is 2. The zero-order chi connectivity index (χ0) is 16.4. The van der Waals surface area contributed by atoms with E-state index in [0.29, 0.717) is 16.3 Å². The molecule has 0 amide bonds. The standard InChI is InChI=1S/C16H23N3O2S/c1-6-8-11-9-17-14-12(13(11)22-10(3)7-2)15(20)19(5)16(21)18(14)4/h9-10H,6-8H2,1-5H3. The van der Waals surface area contributed by atoms with Crippen molar-refractivity contribution in [3.8, 4) is 0 Å². The lowest BCUT2D eigenvalue weighted by atomic mass is 10.1. The first-order valence-corrected chi connectivity index (χ1v) is 8.54. The molecule has 0 bridgehead atoms. The summed E-state index contributed by atoms with van der Waals surface area (Å²) in [4.78, 5) is 30.1. The zero-order valence-corrected chi connectivity index (χ0v) is 14.7. The van der Waals surface area contributed by atoms with Crippen LogP contribution in [0.5, 0.6) is 0 Å². The van der Waals surface area contributed by atoms with Crippen LogP contribution in [0, 0.1) is 0 Å². The van der Waals surface area contributed by atoms with E-state index in [2.05, 4.69) is 25.8 Å². The number of aromatic nitrogens is 3. The second-order valence-corrected chi connectivity index (χ2v) is 7.05. The Morgan fingerprint density at radius 1 is 1.23 bits per heavy atom. The lowest BCUT2D eigenvalue weighted by molar-refractivity contribution is 0.704. The van der Waals surface area contributed by atoms with Crippen LogP contribution in [0.3, 0.4) is 0 Å². The van der Waals surface area contributed by atoms with Crippen LogP contribution < -0.4 is 11.2 Å². The van der Waals surface area contributed by atoms with Crippen LogP contribution in [-0.4, -0.2) is 19.4 Å². The van der Waals surface area contributed by atoms with Crippen molar-refractivity contribution in [2.45, 2.75) is 50.2 Å². The number of pyridine rings is 1. The first kappa shape index (κ1) is 16.8. The molecule has 0 aliphatic carbocycles. The van der Waals surface area contributed by atoms with E-state index >= 15 is 0 Å². The third kappa shape index (κ3) is 2.84. The highest BCUT2D eigenvalue weighted by Gasteiger charge is 2.18. The van der Waals surface area contributed by atoms with Gasteiger partial charge in [0.25, 0.3) is 5.56 Å². The van der Waals surface area contributed by atoms with Gasteiger partial charge in [-0.2, -0.15) is 0 Å². The fourth-order valence-electron chi connectivity index (χ4n) is 2.41. The van der Waals surface area contributed by atoms with Gasteiger partial charge in [0.05, 0.1) is 5.39 Å². The molecule has 0 saturated carbocycles. The summed E-state index contributed by atoms with van der Waals surface area (Å²) in [5, 5.41) is 0.976. The monoisotopic (exact) mass is 321 g/mol. The largest absolute Gasteiger partial charge is 0.332 e. The molecule has 0 N–H and O–H groups in total. The Balaban J connectivity index is 2.88.